The molecule has 0 atom stereocenters. The van der Waals surface area contributed by atoms with Crippen LogP contribution in [0.5, 0.6) is 5.75 Å². The molecule has 24 heavy (non-hydrogen) atoms. The minimum absolute atomic E-state index is 0.172. The van der Waals surface area contributed by atoms with Crippen LogP contribution < -0.4 is 10.1 Å². The van der Waals surface area contributed by atoms with Crippen molar-refractivity contribution in [2.45, 2.75) is 6.54 Å². The van der Waals surface area contributed by atoms with E-state index >= 15 is 0 Å². The molecule has 3 rings (SSSR count). The van der Waals surface area contributed by atoms with Crippen LogP contribution in [0.25, 0.3) is 11.3 Å². The molecule has 0 saturated heterocycles. The van der Waals surface area contributed by atoms with Crippen LogP contribution in [0.4, 0.5) is 0 Å². The maximum Gasteiger partial charge on any atom is 0.255 e. The van der Waals surface area contributed by atoms with Crippen LogP contribution in [-0.4, -0.2) is 23.2 Å². The molecule has 2 aromatic carbocycles. The Kier molecular flexibility index (Phi) is 4.96. The first-order chi connectivity index (χ1) is 11.7. The molecule has 0 radical (unpaired) electrons. The average molecular weight is 386 g/mol. The molecular formula is C18H16BrN3O2. The number of methoxy groups -OCH3 is 1. The zero-order valence-electron chi connectivity index (χ0n) is 13.0. The van der Waals surface area contributed by atoms with Gasteiger partial charge in [0.1, 0.15) is 5.75 Å². The van der Waals surface area contributed by atoms with E-state index in [1.54, 1.807) is 13.3 Å². The van der Waals surface area contributed by atoms with Crippen molar-refractivity contribution in [1.29, 1.82) is 0 Å². The highest BCUT2D eigenvalue weighted by molar-refractivity contribution is 9.10. The highest BCUT2D eigenvalue weighted by Crippen LogP contribution is 2.24. The monoisotopic (exact) mass is 385 g/mol. The number of carbonyl (C=O) groups is 1. The van der Waals surface area contributed by atoms with Crippen molar-refractivity contribution in [2.75, 3.05) is 7.11 Å². The van der Waals surface area contributed by atoms with Gasteiger partial charge in [-0.25, -0.2) is 0 Å². The smallest absolute Gasteiger partial charge is 0.255 e. The molecule has 0 saturated carbocycles. The normalized spacial score (nSPS) is 10.4. The number of H-pyrrole nitrogens is 1. The molecule has 0 aliphatic rings. The van der Waals surface area contributed by atoms with E-state index in [0.717, 1.165) is 21.3 Å². The molecular weight excluding hydrogens is 370 g/mol. The van der Waals surface area contributed by atoms with Gasteiger partial charge in [-0.2, -0.15) is 5.10 Å². The number of carbonyl (C=O) groups excluding carboxylic acids is 1. The van der Waals surface area contributed by atoms with Crippen molar-refractivity contribution in [3.8, 4) is 17.0 Å². The largest absolute Gasteiger partial charge is 0.497 e. The maximum absolute atomic E-state index is 12.5. The standard InChI is InChI=1S/C18H16BrN3O2/c1-24-15-7-5-12(6-8-15)10-20-18(23)16-11-21-22-17(16)13-3-2-4-14(19)9-13/h2-9,11H,10H2,1H3,(H,20,23)(H,21,22). The molecule has 3 aromatic rings. The van der Waals surface area contributed by atoms with Crippen molar-refractivity contribution in [3.63, 3.8) is 0 Å². The van der Waals surface area contributed by atoms with Crippen molar-refractivity contribution in [1.82, 2.24) is 15.5 Å². The van der Waals surface area contributed by atoms with Gasteiger partial charge >= 0.3 is 0 Å². The third-order valence-electron chi connectivity index (χ3n) is 3.61. The molecule has 1 aromatic heterocycles. The van der Waals surface area contributed by atoms with Crippen LogP contribution in [0.3, 0.4) is 0 Å². The Morgan fingerprint density at radius 2 is 2.04 bits per heavy atom. The van der Waals surface area contributed by atoms with E-state index < -0.39 is 0 Å². The van der Waals surface area contributed by atoms with Gasteiger partial charge in [0.15, 0.2) is 0 Å². The Balaban J connectivity index is 1.73. The Morgan fingerprint density at radius 3 is 2.75 bits per heavy atom. The zero-order valence-corrected chi connectivity index (χ0v) is 14.6. The fourth-order valence-corrected chi connectivity index (χ4v) is 2.74. The van der Waals surface area contributed by atoms with Crippen LogP contribution in [0.15, 0.2) is 59.2 Å². The molecule has 1 heterocycles. The first-order valence-electron chi connectivity index (χ1n) is 7.38. The number of amides is 1. The van der Waals surface area contributed by atoms with Gasteiger partial charge in [0.25, 0.3) is 5.91 Å². The summed E-state index contributed by atoms with van der Waals surface area (Å²) in [6.07, 6.45) is 1.54. The minimum atomic E-state index is -0.172. The summed E-state index contributed by atoms with van der Waals surface area (Å²) in [6.45, 7) is 0.436. The summed E-state index contributed by atoms with van der Waals surface area (Å²) >= 11 is 3.44. The topological polar surface area (TPSA) is 67.0 Å². The molecule has 0 aliphatic carbocycles. The molecule has 0 aliphatic heterocycles. The van der Waals surface area contributed by atoms with Crippen LogP contribution in [0, 0.1) is 0 Å². The second-order valence-electron chi connectivity index (χ2n) is 5.20. The van der Waals surface area contributed by atoms with E-state index in [4.69, 9.17) is 4.74 Å². The summed E-state index contributed by atoms with van der Waals surface area (Å²) in [4.78, 5) is 12.5. The zero-order chi connectivity index (χ0) is 16.9. The molecule has 6 heteroatoms. The predicted molar refractivity (Wildman–Crippen MR) is 95.9 cm³/mol. The minimum Gasteiger partial charge on any atom is -0.497 e. The Hall–Kier alpha value is -2.60. The Labute approximate surface area is 148 Å². The third-order valence-corrected chi connectivity index (χ3v) is 4.10. The van der Waals surface area contributed by atoms with Crippen molar-refractivity contribution in [3.05, 3.63) is 70.3 Å². The van der Waals surface area contributed by atoms with Crippen LogP contribution in [-0.2, 0) is 6.54 Å². The number of ether oxygens (including phenoxy) is 1. The van der Waals surface area contributed by atoms with Crippen LogP contribution >= 0.6 is 15.9 Å². The quantitative estimate of drug-likeness (QED) is 0.702. The summed E-state index contributed by atoms with van der Waals surface area (Å²) in [5, 5.41) is 9.82. The number of rotatable bonds is 5. The summed E-state index contributed by atoms with van der Waals surface area (Å²) in [7, 11) is 1.62. The third kappa shape index (κ3) is 3.65. The fourth-order valence-electron chi connectivity index (χ4n) is 2.34. The second kappa shape index (κ2) is 7.31. The van der Waals surface area contributed by atoms with Gasteiger partial charge in [0.05, 0.1) is 24.6 Å². The highest BCUT2D eigenvalue weighted by atomic mass is 79.9. The molecule has 0 fully saturated rings. The maximum atomic E-state index is 12.5. The lowest BCUT2D eigenvalue weighted by Gasteiger charge is -2.07. The van der Waals surface area contributed by atoms with Crippen molar-refractivity contribution < 1.29 is 9.53 Å². The van der Waals surface area contributed by atoms with Gasteiger partial charge in [-0.15, -0.1) is 0 Å². The lowest BCUT2D eigenvalue weighted by Crippen LogP contribution is -2.22. The second-order valence-corrected chi connectivity index (χ2v) is 6.12. The lowest BCUT2D eigenvalue weighted by molar-refractivity contribution is 0.0951. The Bertz CT molecular complexity index is 843. The first kappa shape index (κ1) is 16.3. The molecule has 1 amide bonds. The molecule has 2 N–H and O–H groups in total. The van der Waals surface area contributed by atoms with Gasteiger partial charge in [0.2, 0.25) is 0 Å². The van der Waals surface area contributed by atoms with E-state index in [1.165, 1.54) is 0 Å². The molecule has 0 bridgehead atoms. The fraction of sp³-hybridized carbons (Fsp3) is 0.111. The molecule has 0 unspecified atom stereocenters. The van der Waals surface area contributed by atoms with Crippen molar-refractivity contribution >= 4 is 21.8 Å². The van der Waals surface area contributed by atoms with E-state index in [1.807, 2.05) is 48.5 Å². The number of benzene rings is 2. The first-order valence-corrected chi connectivity index (χ1v) is 8.17. The Morgan fingerprint density at radius 1 is 1.25 bits per heavy atom. The highest BCUT2D eigenvalue weighted by Gasteiger charge is 2.15. The van der Waals surface area contributed by atoms with E-state index in [2.05, 4.69) is 31.4 Å². The molecule has 5 nitrogen and oxygen atoms in total. The van der Waals surface area contributed by atoms with E-state index in [0.29, 0.717) is 17.8 Å². The van der Waals surface area contributed by atoms with Gasteiger partial charge < -0.3 is 10.1 Å². The number of hydrogen-bond acceptors (Lipinski definition) is 3. The summed E-state index contributed by atoms with van der Waals surface area (Å²) in [5.74, 6) is 0.617. The van der Waals surface area contributed by atoms with Gasteiger partial charge in [-0.1, -0.05) is 40.2 Å². The number of aromatic nitrogens is 2. The number of halogens is 1. The van der Waals surface area contributed by atoms with Crippen LogP contribution in [0.1, 0.15) is 15.9 Å². The van der Waals surface area contributed by atoms with E-state index in [-0.39, 0.29) is 5.91 Å². The number of nitrogens with one attached hydrogen (secondary N) is 2. The van der Waals surface area contributed by atoms with Gasteiger partial charge in [-0.3, -0.25) is 9.89 Å². The molecule has 122 valence electrons. The average Bonchev–Trinajstić information content (AvgIpc) is 3.10. The van der Waals surface area contributed by atoms with Crippen molar-refractivity contribution in [2.24, 2.45) is 0 Å². The SMILES string of the molecule is COc1ccc(CNC(=O)c2cn[nH]c2-c2cccc(Br)c2)cc1. The predicted octanol–water partition coefficient (Wildman–Crippen LogP) is 3.78. The number of hydrogen-bond donors (Lipinski definition) is 2. The van der Waals surface area contributed by atoms with Crippen LogP contribution in [0.2, 0.25) is 0 Å². The summed E-state index contributed by atoms with van der Waals surface area (Å²) < 4.78 is 6.07. The van der Waals surface area contributed by atoms with Gasteiger partial charge in [0, 0.05) is 16.6 Å². The summed E-state index contributed by atoms with van der Waals surface area (Å²) in [5.41, 5.74) is 3.11. The number of aromatic amines is 1. The van der Waals surface area contributed by atoms with E-state index in [9.17, 15) is 4.79 Å². The van der Waals surface area contributed by atoms with Gasteiger partial charge in [-0.05, 0) is 29.8 Å². The molecule has 0 spiro atoms. The number of nitrogens with zero attached hydrogens (tertiary/aromatic N) is 1. The lowest BCUT2D eigenvalue weighted by atomic mass is 10.1. The summed E-state index contributed by atoms with van der Waals surface area (Å²) in [6, 6.07) is 15.3.